The van der Waals surface area contributed by atoms with E-state index in [0.717, 1.165) is 10.4 Å². The van der Waals surface area contributed by atoms with E-state index in [0.29, 0.717) is 0 Å². The van der Waals surface area contributed by atoms with Gasteiger partial charge in [0.25, 0.3) is 0 Å². The summed E-state index contributed by atoms with van der Waals surface area (Å²) in [5, 5.41) is 0. The third-order valence-corrected chi connectivity index (χ3v) is 1.45. The van der Waals surface area contributed by atoms with Crippen molar-refractivity contribution in [3.8, 4) is 0 Å². The largest absolute Gasteiger partial charge is 0.287 e. The molecule has 0 radical (unpaired) electrons. The van der Waals surface area contributed by atoms with Crippen LogP contribution in [0.4, 0.5) is 12.7 Å². The molecule has 0 N–H and O–H groups in total. The molecule has 5 heteroatoms. The molecule has 0 aliphatic heterocycles. The summed E-state index contributed by atoms with van der Waals surface area (Å²) in [7, 11) is 1.22. The second-order valence-electron chi connectivity index (χ2n) is 1.70. The first kappa shape index (κ1) is 10.4. The summed E-state index contributed by atoms with van der Waals surface area (Å²) in [4.78, 5) is 0. The van der Waals surface area contributed by atoms with E-state index < -0.39 is 11.5 Å². The van der Waals surface area contributed by atoms with Crippen LogP contribution in [-0.2, 0) is 0 Å². The SMILES string of the molecule is C/C=C(F)\C(=C/F)N(C)SF. The van der Waals surface area contributed by atoms with Crippen LogP contribution in [0.1, 0.15) is 6.92 Å². The molecule has 0 atom stereocenters. The summed E-state index contributed by atoms with van der Waals surface area (Å²) < 4.78 is 36.9. The van der Waals surface area contributed by atoms with E-state index in [1.807, 2.05) is 0 Å². The molecule has 0 fully saturated rings. The molecule has 0 aromatic heterocycles. The molecule has 0 aliphatic rings. The zero-order valence-corrected chi connectivity index (χ0v) is 6.96. The van der Waals surface area contributed by atoms with Crippen molar-refractivity contribution in [3.05, 3.63) is 23.9 Å². The fourth-order valence-electron chi connectivity index (χ4n) is 0.456. The average molecular weight is 183 g/mol. The molecule has 0 heterocycles. The van der Waals surface area contributed by atoms with Crippen molar-refractivity contribution in [1.82, 2.24) is 4.31 Å². The van der Waals surface area contributed by atoms with Crippen molar-refractivity contribution in [2.45, 2.75) is 6.92 Å². The fourth-order valence-corrected chi connectivity index (χ4v) is 0.658. The normalized spacial score (nSPS) is 13.5. The Balaban J connectivity index is 4.43. The van der Waals surface area contributed by atoms with E-state index in [1.54, 1.807) is 0 Å². The molecule has 0 spiro atoms. The fraction of sp³-hybridized carbons (Fsp3) is 0.333. The van der Waals surface area contributed by atoms with E-state index >= 15 is 0 Å². The highest BCUT2D eigenvalue weighted by molar-refractivity contribution is 7.92. The van der Waals surface area contributed by atoms with Gasteiger partial charge in [-0.05, 0) is 13.0 Å². The number of nitrogens with zero attached hydrogens (tertiary/aromatic N) is 1. The minimum atomic E-state index is -0.792. The molecule has 0 aliphatic carbocycles. The first-order valence-electron chi connectivity index (χ1n) is 2.82. The first-order valence-corrected chi connectivity index (χ1v) is 3.49. The minimum absolute atomic E-state index is 0.0158. The molecule has 0 rings (SSSR count). The highest BCUT2D eigenvalue weighted by atomic mass is 32.2. The Morgan fingerprint density at radius 2 is 2.09 bits per heavy atom. The van der Waals surface area contributed by atoms with Crippen molar-refractivity contribution >= 4 is 12.3 Å². The molecular formula is C6H8F3NS. The maximum atomic E-state index is 12.6. The van der Waals surface area contributed by atoms with Crippen molar-refractivity contribution in [2.75, 3.05) is 7.05 Å². The zero-order chi connectivity index (χ0) is 8.85. The van der Waals surface area contributed by atoms with E-state index in [4.69, 9.17) is 0 Å². The van der Waals surface area contributed by atoms with Gasteiger partial charge in [0.2, 0.25) is 0 Å². The molecule has 0 amide bonds. The molecule has 1 nitrogen and oxygen atoms in total. The summed E-state index contributed by atoms with van der Waals surface area (Å²) in [6, 6.07) is 0. The first-order chi connectivity index (χ1) is 5.17. The number of hydrogen-bond acceptors (Lipinski definition) is 2. The molecule has 0 bridgehead atoms. The monoisotopic (exact) mass is 183 g/mol. The molecule has 0 aromatic carbocycles. The minimum Gasteiger partial charge on any atom is -0.287 e. The number of halogens is 3. The van der Waals surface area contributed by atoms with Crippen LogP contribution in [0.3, 0.4) is 0 Å². The van der Waals surface area contributed by atoms with E-state index in [1.165, 1.54) is 14.0 Å². The lowest BCUT2D eigenvalue weighted by Crippen LogP contribution is -2.06. The summed E-state index contributed by atoms with van der Waals surface area (Å²) >= 11 is -0.255. The number of allylic oxidation sites excluding steroid dienone is 2. The maximum Gasteiger partial charge on any atom is 0.165 e. The topological polar surface area (TPSA) is 3.24 Å². The van der Waals surface area contributed by atoms with Crippen LogP contribution in [0.5, 0.6) is 0 Å². The van der Waals surface area contributed by atoms with Crippen molar-refractivity contribution in [2.24, 2.45) is 0 Å². The molecule has 0 saturated heterocycles. The van der Waals surface area contributed by atoms with E-state index in [2.05, 4.69) is 0 Å². The lowest BCUT2D eigenvalue weighted by molar-refractivity contribution is 0.546. The van der Waals surface area contributed by atoms with Gasteiger partial charge in [0.1, 0.15) is 17.9 Å². The molecular weight excluding hydrogens is 175 g/mol. The lowest BCUT2D eigenvalue weighted by atomic mass is 10.4. The maximum absolute atomic E-state index is 12.6. The average Bonchev–Trinajstić information content (AvgIpc) is 2.05. The van der Waals surface area contributed by atoms with Gasteiger partial charge in [0.15, 0.2) is 12.3 Å². The third kappa shape index (κ3) is 2.88. The van der Waals surface area contributed by atoms with Crippen LogP contribution < -0.4 is 0 Å². The Kier molecular flexibility index (Phi) is 4.85. The van der Waals surface area contributed by atoms with Crippen LogP contribution in [0, 0.1) is 0 Å². The summed E-state index contributed by atoms with van der Waals surface area (Å²) in [6.07, 6.45) is 1.07. The van der Waals surface area contributed by atoms with Crippen LogP contribution in [0.2, 0.25) is 0 Å². The standard InChI is InChI=1S/C6H8F3NS/c1-3-5(8)6(4-7)10(2)11-9/h3-4H,1-2H3/b5-3+,6-4+. The second kappa shape index (κ2) is 5.12. The van der Waals surface area contributed by atoms with Gasteiger partial charge >= 0.3 is 0 Å². The van der Waals surface area contributed by atoms with Crippen molar-refractivity contribution < 1.29 is 12.7 Å². The van der Waals surface area contributed by atoms with E-state index in [9.17, 15) is 12.7 Å². The predicted molar refractivity (Wildman–Crippen MR) is 40.5 cm³/mol. The highest BCUT2D eigenvalue weighted by Gasteiger charge is 2.09. The molecule has 0 unspecified atom stereocenters. The second-order valence-corrected chi connectivity index (χ2v) is 2.38. The van der Waals surface area contributed by atoms with Crippen molar-refractivity contribution in [3.63, 3.8) is 0 Å². The highest BCUT2D eigenvalue weighted by Crippen LogP contribution is 2.22. The predicted octanol–water partition coefficient (Wildman–Crippen LogP) is 3.14. The molecule has 0 saturated carbocycles. The number of likely N-dealkylation sites (N-methyl/N-ethyl adjacent to an activating group) is 1. The van der Waals surface area contributed by atoms with Gasteiger partial charge in [-0.25, -0.2) is 8.78 Å². The Labute approximate surface area is 68.0 Å². The smallest absolute Gasteiger partial charge is 0.165 e. The van der Waals surface area contributed by atoms with Gasteiger partial charge in [-0.3, -0.25) is 4.31 Å². The van der Waals surface area contributed by atoms with Crippen LogP contribution in [0.25, 0.3) is 0 Å². The van der Waals surface area contributed by atoms with Gasteiger partial charge in [0, 0.05) is 7.05 Å². The number of hydrogen-bond donors (Lipinski definition) is 0. The third-order valence-electron chi connectivity index (χ3n) is 1.04. The quantitative estimate of drug-likeness (QED) is 0.488. The van der Waals surface area contributed by atoms with Gasteiger partial charge in [-0.1, -0.05) is 0 Å². The van der Waals surface area contributed by atoms with Crippen LogP contribution in [-0.4, -0.2) is 11.4 Å². The van der Waals surface area contributed by atoms with Gasteiger partial charge in [-0.15, -0.1) is 3.89 Å². The molecule has 0 aromatic rings. The summed E-state index contributed by atoms with van der Waals surface area (Å²) in [6.45, 7) is 1.40. The van der Waals surface area contributed by atoms with Gasteiger partial charge in [0.05, 0.1) is 0 Å². The number of rotatable bonds is 3. The molecule has 64 valence electrons. The summed E-state index contributed by atoms with van der Waals surface area (Å²) in [5.74, 6) is -0.792. The Morgan fingerprint density at radius 1 is 1.55 bits per heavy atom. The van der Waals surface area contributed by atoms with Gasteiger partial charge < -0.3 is 0 Å². The van der Waals surface area contributed by atoms with Crippen LogP contribution >= 0.6 is 12.3 Å². The Bertz CT molecular complexity index is 179. The Hall–Kier alpha value is -0.580. The summed E-state index contributed by atoms with van der Waals surface area (Å²) in [5.41, 5.74) is -0.417. The van der Waals surface area contributed by atoms with E-state index in [-0.39, 0.29) is 18.7 Å². The lowest BCUT2D eigenvalue weighted by Gasteiger charge is -2.12. The Morgan fingerprint density at radius 3 is 2.36 bits per heavy atom. The van der Waals surface area contributed by atoms with Crippen molar-refractivity contribution in [1.29, 1.82) is 0 Å². The zero-order valence-electron chi connectivity index (χ0n) is 6.14. The molecule has 11 heavy (non-hydrogen) atoms. The van der Waals surface area contributed by atoms with Crippen LogP contribution in [0.15, 0.2) is 23.9 Å². The van der Waals surface area contributed by atoms with Gasteiger partial charge in [-0.2, -0.15) is 0 Å².